The number of carboxylic acid groups (broad SMARTS) is 1. The zero-order chi connectivity index (χ0) is 15.9. The second kappa shape index (κ2) is 17.6. The number of nitrogens with zero attached hydrogens (tertiary/aromatic N) is 2. The van der Waals surface area contributed by atoms with Crippen molar-refractivity contribution in [2.75, 3.05) is 26.4 Å². The maximum absolute atomic E-state index is 11.6. The molecule has 0 spiro atoms. The molecular formula is C15H27KN2O4. The van der Waals surface area contributed by atoms with E-state index in [-0.39, 0.29) is 77.0 Å². The van der Waals surface area contributed by atoms with Crippen LogP contribution in [0.5, 0.6) is 0 Å². The minimum Gasteiger partial charge on any atom is -0.862 e. The van der Waals surface area contributed by atoms with Crippen molar-refractivity contribution >= 4 is 11.9 Å². The molecule has 22 heavy (non-hydrogen) atoms. The zero-order valence-corrected chi connectivity index (χ0v) is 17.0. The Bertz CT molecular complexity index is 336. The number of carbonyl (C=O) groups is 1. The molecule has 0 aromatic heterocycles. The number of rotatable bonds is 13. The molecule has 0 atom stereocenters. The van der Waals surface area contributed by atoms with Crippen molar-refractivity contribution in [1.82, 2.24) is 4.90 Å². The van der Waals surface area contributed by atoms with Crippen LogP contribution >= 0.6 is 0 Å². The number of hydrogen-bond acceptors (Lipinski definition) is 5. The smallest absolute Gasteiger partial charge is 0.862 e. The third-order valence-corrected chi connectivity index (χ3v) is 2.87. The van der Waals surface area contributed by atoms with Crippen molar-refractivity contribution in [3.8, 4) is 0 Å². The van der Waals surface area contributed by atoms with Crippen LogP contribution in [0.2, 0.25) is 0 Å². The summed E-state index contributed by atoms with van der Waals surface area (Å²) in [6.45, 7) is 3.22. The Balaban J connectivity index is 0. The maximum atomic E-state index is 11.6. The van der Waals surface area contributed by atoms with Gasteiger partial charge < -0.3 is 15.3 Å². The SMILES string of the molecule is CCC/C=C/CCC([O-])=NCN(CCCO)CCC(=O)O.[K+]. The summed E-state index contributed by atoms with van der Waals surface area (Å²) in [6.07, 6.45) is 7.80. The van der Waals surface area contributed by atoms with Gasteiger partial charge in [-0.3, -0.25) is 14.7 Å². The fourth-order valence-electron chi connectivity index (χ4n) is 1.67. The van der Waals surface area contributed by atoms with Crippen LogP contribution in [0.4, 0.5) is 0 Å². The first-order chi connectivity index (χ1) is 10.1. The summed E-state index contributed by atoms with van der Waals surface area (Å²) in [5.41, 5.74) is 0. The van der Waals surface area contributed by atoms with Gasteiger partial charge in [-0.05, 0) is 31.6 Å². The van der Waals surface area contributed by atoms with Gasteiger partial charge in [0.25, 0.3) is 0 Å². The molecule has 0 amide bonds. The van der Waals surface area contributed by atoms with E-state index in [2.05, 4.69) is 18.0 Å². The van der Waals surface area contributed by atoms with E-state index in [9.17, 15) is 9.90 Å². The van der Waals surface area contributed by atoms with Crippen molar-refractivity contribution in [3.63, 3.8) is 0 Å². The van der Waals surface area contributed by atoms with Gasteiger partial charge in [0.1, 0.15) is 0 Å². The first-order valence-electron chi connectivity index (χ1n) is 7.50. The molecule has 0 aromatic rings. The second-order valence-corrected chi connectivity index (χ2v) is 4.83. The first-order valence-corrected chi connectivity index (χ1v) is 7.50. The van der Waals surface area contributed by atoms with Gasteiger partial charge in [0, 0.05) is 19.7 Å². The van der Waals surface area contributed by atoms with Crippen molar-refractivity contribution in [2.45, 2.75) is 45.4 Å². The molecule has 0 aliphatic carbocycles. The van der Waals surface area contributed by atoms with Crippen LogP contribution in [-0.4, -0.2) is 53.3 Å². The van der Waals surface area contributed by atoms with Crippen LogP contribution in [-0.2, 0) is 4.79 Å². The van der Waals surface area contributed by atoms with Gasteiger partial charge in [-0.2, -0.15) is 0 Å². The molecule has 0 fully saturated rings. The molecule has 2 N–H and O–H groups in total. The fourth-order valence-corrected chi connectivity index (χ4v) is 1.67. The second-order valence-electron chi connectivity index (χ2n) is 4.83. The van der Waals surface area contributed by atoms with Gasteiger partial charge in [-0.15, -0.1) is 0 Å². The molecule has 0 bridgehead atoms. The Morgan fingerprint density at radius 3 is 2.50 bits per heavy atom. The van der Waals surface area contributed by atoms with E-state index < -0.39 is 5.97 Å². The van der Waals surface area contributed by atoms with Gasteiger partial charge in [0.05, 0.1) is 13.1 Å². The summed E-state index contributed by atoms with van der Waals surface area (Å²) >= 11 is 0. The minimum atomic E-state index is -0.878. The molecule has 0 unspecified atom stereocenters. The Hall–Kier alpha value is 0.236. The molecule has 6 nitrogen and oxygen atoms in total. The van der Waals surface area contributed by atoms with Gasteiger partial charge in [0.15, 0.2) is 0 Å². The quantitative estimate of drug-likeness (QED) is 0.175. The molecule has 0 aliphatic rings. The normalized spacial score (nSPS) is 11.9. The standard InChI is InChI=1S/C15H28N2O4.K/c1-2-3-4-5-6-8-14(19)16-13-17(10-7-12-18)11-9-15(20)21;/h4-5,18H,2-3,6-13H2,1H3,(H,16,19)(H,20,21);/q;+1/p-1/b5-4+;. The Morgan fingerprint density at radius 2 is 1.91 bits per heavy atom. The summed E-state index contributed by atoms with van der Waals surface area (Å²) < 4.78 is 0. The van der Waals surface area contributed by atoms with Crippen LogP contribution in [0.1, 0.15) is 45.4 Å². The van der Waals surface area contributed by atoms with E-state index >= 15 is 0 Å². The number of hydrogen-bond donors (Lipinski definition) is 2. The zero-order valence-electron chi connectivity index (χ0n) is 13.8. The maximum Gasteiger partial charge on any atom is 1.00 e. The van der Waals surface area contributed by atoms with Crippen molar-refractivity contribution < 1.29 is 71.5 Å². The van der Waals surface area contributed by atoms with Crippen molar-refractivity contribution in [2.24, 2.45) is 4.99 Å². The minimum absolute atomic E-state index is 0. The molecule has 0 rings (SSSR count). The first kappa shape index (κ1) is 24.5. The molecule has 0 saturated carbocycles. The number of unbranched alkanes of at least 4 members (excludes halogenated alkanes) is 1. The average Bonchev–Trinajstić information content (AvgIpc) is 2.46. The summed E-state index contributed by atoms with van der Waals surface area (Å²) in [6, 6.07) is 0. The van der Waals surface area contributed by atoms with E-state index in [1.165, 1.54) is 0 Å². The van der Waals surface area contributed by atoms with Crippen LogP contribution in [0.15, 0.2) is 17.1 Å². The fraction of sp³-hybridized carbons (Fsp3) is 0.733. The largest absolute Gasteiger partial charge is 1.00 e. The number of aliphatic hydroxyl groups is 1. The summed E-state index contributed by atoms with van der Waals surface area (Å²) in [5, 5.41) is 29.1. The van der Waals surface area contributed by atoms with E-state index in [1.54, 1.807) is 4.90 Å². The number of aliphatic hydroxyl groups excluding tert-OH is 1. The van der Waals surface area contributed by atoms with E-state index in [0.717, 1.165) is 12.8 Å². The topological polar surface area (TPSA) is 96.2 Å². The van der Waals surface area contributed by atoms with Crippen LogP contribution < -0.4 is 56.5 Å². The Morgan fingerprint density at radius 1 is 1.23 bits per heavy atom. The van der Waals surface area contributed by atoms with E-state index in [0.29, 0.717) is 32.4 Å². The van der Waals surface area contributed by atoms with Gasteiger partial charge in [0.2, 0.25) is 0 Å². The summed E-state index contributed by atoms with van der Waals surface area (Å²) in [4.78, 5) is 16.3. The molecule has 0 aliphatic heterocycles. The number of aliphatic carboxylic acids is 1. The van der Waals surface area contributed by atoms with Gasteiger partial charge in [-0.1, -0.05) is 25.5 Å². The summed E-state index contributed by atoms with van der Waals surface area (Å²) in [5.74, 6) is -1.04. The third kappa shape index (κ3) is 16.6. The third-order valence-electron chi connectivity index (χ3n) is 2.87. The van der Waals surface area contributed by atoms with Crippen molar-refractivity contribution in [1.29, 1.82) is 0 Å². The molecule has 0 radical (unpaired) electrons. The number of allylic oxidation sites excluding steroid dienone is 2. The molecule has 0 saturated heterocycles. The Kier molecular flexibility index (Phi) is 19.6. The number of aliphatic imine (C=N–C) groups is 1. The van der Waals surface area contributed by atoms with Gasteiger partial charge >= 0.3 is 57.4 Å². The monoisotopic (exact) mass is 338 g/mol. The molecular weight excluding hydrogens is 311 g/mol. The molecule has 122 valence electrons. The molecule has 0 heterocycles. The molecule has 0 aromatic carbocycles. The van der Waals surface area contributed by atoms with E-state index in [1.807, 2.05) is 6.08 Å². The van der Waals surface area contributed by atoms with Crippen LogP contribution in [0.25, 0.3) is 0 Å². The van der Waals surface area contributed by atoms with Crippen LogP contribution in [0.3, 0.4) is 0 Å². The Labute approximate surface area is 175 Å². The number of carboxylic acids is 1. The average molecular weight is 338 g/mol. The predicted molar refractivity (Wildman–Crippen MR) is 81.1 cm³/mol. The molecule has 7 heteroatoms. The summed E-state index contributed by atoms with van der Waals surface area (Å²) in [7, 11) is 0. The van der Waals surface area contributed by atoms with E-state index in [4.69, 9.17) is 10.2 Å². The van der Waals surface area contributed by atoms with Crippen molar-refractivity contribution in [3.05, 3.63) is 12.2 Å². The predicted octanol–water partition coefficient (Wildman–Crippen LogP) is -2.00. The van der Waals surface area contributed by atoms with Gasteiger partial charge in [-0.25, -0.2) is 0 Å². The van der Waals surface area contributed by atoms with Crippen LogP contribution in [0, 0.1) is 0 Å².